The number of nitrogens with zero attached hydrogens (tertiary/aromatic N) is 2. The molecule has 0 spiro atoms. The van der Waals surface area contributed by atoms with Gasteiger partial charge in [0.2, 0.25) is 0 Å². The third-order valence-electron chi connectivity index (χ3n) is 3.23. The van der Waals surface area contributed by atoms with Gasteiger partial charge in [0, 0.05) is 6.07 Å². The minimum absolute atomic E-state index is 0.166. The molecule has 1 rings (SSSR count). The summed E-state index contributed by atoms with van der Waals surface area (Å²) in [5, 5.41) is 11.1. The first kappa shape index (κ1) is 16.2. The predicted molar refractivity (Wildman–Crippen MR) is 78.9 cm³/mol. The highest BCUT2D eigenvalue weighted by molar-refractivity contribution is 6.18. The Bertz CT molecular complexity index is 446. The van der Waals surface area contributed by atoms with Crippen molar-refractivity contribution in [3.8, 4) is 0 Å². The molecule has 0 N–H and O–H groups in total. The summed E-state index contributed by atoms with van der Waals surface area (Å²) in [5.41, 5.74) is 1.92. The zero-order valence-corrected chi connectivity index (χ0v) is 12.7. The molecule has 0 amide bonds. The van der Waals surface area contributed by atoms with E-state index in [-0.39, 0.29) is 10.6 Å². The van der Waals surface area contributed by atoms with E-state index >= 15 is 0 Å². The van der Waals surface area contributed by atoms with Crippen molar-refractivity contribution in [2.75, 3.05) is 31.9 Å². The summed E-state index contributed by atoms with van der Waals surface area (Å²) in [6.45, 7) is 3.97. The molecular formula is C13H19Cl2N2O2+. The third kappa shape index (κ3) is 4.64. The van der Waals surface area contributed by atoms with Gasteiger partial charge in [-0.25, -0.2) is 0 Å². The molecule has 0 aromatic heterocycles. The molecule has 0 saturated carbocycles. The van der Waals surface area contributed by atoms with Crippen LogP contribution in [-0.2, 0) is 6.54 Å². The van der Waals surface area contributed by atoms with E-state index in [0.717, 1.165) is 24.2 Å². The standard InChI is InChI=1S/C13H19Cl2N2O2/c1-11-3-4-13(16(18)19)12(9-11)10-17(2,7-5-14)8-6-15/h3-4,9H,5-8,10H2,1-2H3/q+1. The molecule has 0 aliphatic heterocycles. The maximum Gasteiger partial charge on any atom is 0.278 e. The van der Waals surface area contributed by atoms with Crippen molar-refractivity contribution in [3.05, 3.63) is 39.4 Å². The average Bonchev–Trinajstić information content (AvgIpc) is 2.28. The second kappa shape index (κ2) is 7.08. The summed E-state index contributed by atoms with van der Waals surface area (Å²) in [6.07, 6.45) is 0. The summed E-state index contributed by atoms with van der Waals surface area (Å²) in [7, 11) is 2.02. The minimum atomic E-state index is -0.333. The molecule has 1 aromatic carbocycles. The lowest BCUT2D eigenvalue weighted by atomic mass is 10.1. The monoisotopic (exact) mass is 305 g/mol. The number of halogens is 2. The van der Waals surface area contributed by atoms with Crippen molar-refractivity contribution in [1.29, 1.82) is 0 Å². The van der Waals surface area contributed by atoms with Crippen LogP contribution in [0.3, 0.4) is 0 Å². The highest BCUT2D eigenvalue weighted by Crippen LogP contribution is 2.24. The minimum Gasteiger partial charge on any atom is -0.320 e. The Kier molecular flexibility index (Phi) is 6.04. The van der Waals surface area contributed by atoms with Gasteiger partial charge in [-0.05, 0) is 13.0 Å². The molecule has 106 valence electrons. The van der Waals surface area contributed by atoms with Crippen LogP contribution in [-0.4, -0.2) is 41.3 Å². The number of hydrogen-bond donors (Lipinski definition) is 0. The fourth-order valence-corrected chi connectivity index (χ4v) is 2.92. The van der Waals surface area contributed by atoms with Crippen molar-refractivity contribution in [2.45, 2.75) is 13.5 Å². The van der Waals surface area contributed by atoms with E-state index < -0.39 is 0 Å². The highest BCUT2D eigenvalue weighted by Gasteiger charge is 2.25. The maximum atomic E-state index is 11.1. The van der Waals surface area contributed by atoms with E-state index in [9.17, 15) is 10.1 Å². The van der Waals surface area contributed by atoms with Crippen LogP contribution in [0.5, 0.6) is 0 Å². The Hall–Kier alpha value is -0.840. The number of aryl methyl sites for hydroxylation is 1. The first-order valence-corrected chi connectivity index (χ1v) is 7.18. The fraction of sp³-hybridized carbons (Fsp3) is 0.538. The zero-order chi connectivity index (χ0) is 14.5. The molecule has 0 bridgehead atoms. The number of nitro benzene ring substituents is 1. The van der Waals surface area contributed by atoms with Crippen molar-refractivity contribution < 1.29 is 9.41 Å². The Morgan fingerprint density at radius 2 is 1.84 bits per heavy atom. The molecule has 0 atom stereocenters. The number of quaternary nitrogens is 1. The Morgan fingerprint density at radius 1 is 1.26 bits per heavy atom. The topological polar surface area (TPSA) is 43.1 Å². The molecule has 0 unspecified atom stereocenters. The van der Waals surface area contributed by atoms with E-state index in [1.54, 1.807) is 12.1 Å². The van der Waals surface area contributed by atoms with E-state index in [2.05, 4.69) is 0 Å². The molecular weight excluding hydrogens is 287 g/mol. The summed E-state index contributed by atoms with van der Waals surface area (Å²) >= 11 is 11.7. The van der Waals surface area contributed by atoms with Gasteiger partial charge in [0.1, 0.15) is 6.54 Å². The number of benzene rings is 1. The number of alkyl halides is 2. The normalized spacial score (nSPS) is 11.6. The largest absolute Gasteiger partial charge is 0.320 e. The molecule has 19 heavy (non-hydrogen) atoms. The molecule has 1 aromatic rings. The first-order valence-electron chi connectivity index (χ1n) is 6.11. The molecule has 6 heteroatoms. The molecule has 0 aliphatic rings. The molecule has 0 saturated heterocycles. The van der Waals surface area contributed by atoms with Gasteiger partial charge < -0.3 is 4.48 Å². The van der Waals surface area contributed by atoms with E-state index in [4.69, 9.17) is 23.2 Å². The second-order valence-corrected chi connectivity index (χ2v) is 5.75. The van der Waals surface area contributed by atoms with Gasteiger partial charge in [-0.3, -0.25) is 10.1 Å². The Balaban J connectivity index is 3.07. The maximum absolute atomic E-state index is 11.1. The average molecular weight is 306 g/mol. The second-order valence-electron chi connectivity index (χ2n) is 4.99. The third-order valence-corrected chi connectivity index (χ3v) is 3.57. The predicted octanol–water partition coefficient (Wildman–Crippen LogP) is 3.33. The number of nitro groups is 1. The fourth-order valence-electron chi connectivity index (χ4n) is 2.11. The van der Waals surface area contributed by atoms with Gasteiger partial charge in [-0.2, -0.15) is 0 Å². The van der Waals surface area contributed by atoms with Crippen LogP contribution in [0.4, 0.5) is 5.69 Å². The highest BCUT2D eigenvalue weighted by atomic mass is 35.5. The van der Waals surface area contributed by atoms with E-state index in [1.165, 1.54) is 0 Å². The van der Waals surface area contributed by atoms with Crippen molar-refractivity contribution in [1.82, 2.24) is 0 Å². The molecule has 0 radical (unpaired) electrons. The molecule has 0 fully saturated rings. The van der Waals surface area contributed by atoms with Crippen molar-refractivity contribution in [2.24, 2.45) is 0 Å². The summed E-state index contributed by atoms with van der Waals surface area (Å²) in [4.78, 5) is 10.7. The molecule has 4 nitrogen and oxygen atoms in total. The Morgan fingerprint density at radius 3 is 2.32 bits per heavy atom. The van der Waals surface area contributed by atoms with Crippen LogP contribution >= 0.6 is 23.2 Å². The van der Waals surface area contributed by atoms with Crippen LogP contribution in [0.15, 0.2) is 18.2 Å². The quantitative estimate of drug-likeness (QED) is 0.336. The summed E-state index contributed by atoms with van der Waals surface area (Å²) in [5.74, 6) is 1.01. The van der Waals surface area contributed by atoms with Gasteiger partial charge in [0.25, 0.3) is 5.69 Å². The first-order chi connectivity index (χ1) is 8.91. The van der Waals surface area contributed by atoms with E-state index in [0.29, 0.717) is 22.8 Å². The van der Waals surface area contributed by atoms with Crippen molar-refractivity contribution >= 4 is 28.9 Å². The van der Waals surface area contributed by atoms with Gasteiger partial charge in [-0.15, -0.1) is 23.2 Å². The lowest BCUT2D eigenvalue weighted by Gasteiger charge is -2.33. The molecule has 0 aliphatic carbocycles. The van der Waals surface area contributed by atoms with Gasteiger partial charge >= 0.3 is 0 Å². The number of hydrogen-bond acceptors (Lipinski definition) is 2. The summed E-state index contributed by atoms with van der Waals surface area (Å²) in [6, 6.07) is 5.20. The van der Waals surface area contributed by atoms with Crippen LogP contribution in [0.1, 0.15) is 11.1 Å². The van der Waals surface area contributed by atoms with Gasteiger partial charge in [-0.1, -0.05) is 11.6 Å². The lowest BCUT2D eigenvalue weighted by Crippen LogP contribution is -2.46. The van der Waals surface area contributed by atoms with Gasteiger partial charge in [0.05, 0.1) is 42.4 Å². The van der Waals surface area contributed by atoms with Crippen LogP contribution in [0, 0.1) is 17.0 Å². The number of rotatable bonds is 7. The van der Waals surface area contributed by atoms with Crippen LogP contribution < -0.4 is 0 Å². The van der Waals surface area contributed by atoms with Crippen LogP contribution in [0.2, 0.25) is 0 Å². The smallest absolute Gasteiger partial charge is 0.278 e. The van der Waals surface area contributed by atoms with E-state index in [1.807, 2.05) is 20.0 Å². The Labute approximate surface area is 123 Å². The van der Waals surface area contributed by atoms with Crippen LogP contribution in [0.25, 0.3) is 0 Å². The lowest BCUT2D eigenvalue weighted by molar-refractivity contribution is -0.918. The van der Waals surface area contributed by atoms with Gasteiger partial charge in [0.15, 0.2) is 0 Å². The SMILES string of the molecule is Cc1ccc([N+](=O)[O-])c(C[N+](C)(CCCl)CCCl)c1. The van der Waals surface area contributed by atoms with Crippen molar-refractivity contribution in [3.63, 3.8) is 0 Å². The summed E-state index contributed by atoms with van der Waals surface area (Å²) < 4.78 is 0.608. The molecule has 0 heterocycles. The zero-order valence-electron chi connectivity index (χ0n) is 11.2.